The highest BCUT2D eigenvalue weighted by atomic mass is 32.2. The summed E-state index contributed by atoms with van der Waals surface area (Å²) in [7, 11) is -8.64. The summed E-state index contributed by atoms with van der Waals surface area (Å²) in [5.41, 5.74) is 0. The van der Waals surface area contributed by atoms with E-state index in [1.54, 1.807) is 18.2 Å². The number of benzene rings is 2. The molecule has 0 heterocycles. The maximum Gasteiger partial charge on any atom is 0.515 e. The maximum absolute atomic E-state index is 11.7. The van der Waals surface area contributed by atoms with Crippen LogP contribution in [-0.2, 0) is 29.8 Å². The number of unbranched alkanes of at least 4 members (excludes halogenated alkanes) is 10. The topological polar surface area (TPSA) is 178 Å². The number of para-hydroxylation sites is 1. The first-order valence-electron chi connectivity index (χ1n) is 14.4. The smallest absolute Gasteiger partial charge is 0.515 e. The van der Waals surface area contributed by atoms with Crippen molar-refractivity contribution in [1.82, 2.24) is 0 Å². The third kappa shape index (κ3) is 21.0. The highest BCUT2D eigenvalue weighted by Crippen LogP contribution is 2.23. The van der Waals surface area contributed by atoms with Gasteiger partial charge in [-0.25, -0.2) is 8.42 Å². The van der Waals surface area contributed by atoms with Crippen molar-refractivity contribution in [3.63, 3.8) is 0 Å². The van der Waals surface area contributed by atoms with Gasteiger partial charge in [-0.1, -0.05) is 108 Å². The summed E-state index contributed by atoms with van der Waals surface area (Å²) in [4.78, 5) is 21.3. The highest BCUT2D eigenvalue weighted by molar-refractivity contribution is 7.86. The molecule has 10 nitrogen and oxygen atoms in total. The zero-order chi connectivity index (χ0) is 31.9. The Balaban J connectivity index is 0.000000670. The van der Waals surface area contributed by atoms with E-state index in [4.69, 9.17) is 14.4 Å². The number of esters is 1. The van der Waals surface area contributed by atoms with E-state index in [1.165, 1.54) is 68.9 Å². The highest BCUT2D eigenvalue weighted by Gasteiger charge is 2.13. The van der Waals surface area contributed by atoms with Crippen molar-refractivity contribution in [1.29, 1.82) is 0 Å². The van der Waals surface area contributed by atoms with Gasteiger partial charge in [0.25, 0.3) is 10.1 Å². The lowest BCUT2D eigenvalue weighted by atomic mass is 10.1. The molecule has 2 aromatic rings. The normalized spacial score (nSPS) is 11.0. The van der Waals surface area contributed by atoms with Gasteiger partial charge >= 0.3 is 11.9 Å². The second-order valence-electron chi connectivity index (χ2n) is 9.62. The van der Waals surface area contributed by atoms with Gasteiger partial charge in [0.05, 0.1) is 9.79 Å². The van der Waals surface area contributed by atoms with E-state index in [0.29, 0.717) is 12.8 Å². The Kier molecular flexibility index (Phi) is 21.2. The van der Waals surface area contributed by atoms with Crippen LogP contribution in [0.15, 0.2) is 64.4 Å². The SMILES string of the molecule is CCCCCCCCC(=O)Oc1ccccc1S(=O)(=O)[O-].CCCCCCCCC(=O)[OH2+].O=S(=O)(O)c1ccccc1. The van der Waals surface area contributed by atoms with Crippen molar-refractivity contribution >= 4 is 32.2 Å². The van der Waals surface area contributed by atoms with E-state index in [-0.39, 0.29) is 17.1 Å². The van der Waals surface area contributed by atoms with Crippen LogP contribution in [0.1, 0.15) is 104 Å². The van der Waals surface area contributed by atoms with E-state index in [2.05, 4.69) is 13.8 Å². The molecule has 0 saturated heterocycles. The summed E-state index contributed by atoms with van der Waals surface area (Å²) in [5.74, 6) is -1.12. The third-order valence-corrected chi connectivity index (χ3v) is 7.62. The van der Waals surface area contributed by atoms with Crippen molar-refractivity contribution < 1.29 is 45.4 Å². The van der Waals surface area contributed by atoms with Crippen LogP contribution < -0.4 is 4.74 Å². The van der Waals surface area contributed by atoms with Gasteiger partial charge in [0, 0.05) is 11.2 Å². The van der Waals surface area contributed by atoms with E-state index in [9.17, 15) is 31.0 Å². The molecule has 0 atom stereocenters. The van der Waals surface area contributed by atoms with Crippen LogP contribution in [0.3, 0.4) is 0 Å². The summed E-state index contributed by atoms with van der Waals surface area (Å²) < 4.78 is 67.4. The van der Waals surface area contributed by atoms with E-state index in [0.717, 1.165) is 38.2 Å². The van der Waals surface area contributed by atoms with Gasteiger partial charge < -0.3 is 14.4 Å². The minimum absolute atomic E-state index is 0.0741. The lowest BCUT2D eigenvalue weighted by molar-refractivity contribution is -0.137. The van der Waals surface area contributed by atoms with Gasteiger partial charge in [0.15, 0.2) is 0 Å². The molecule has 0 amide bonds. The third-order valence-electron chi connectivity index (χ3n) is 5.88. The Labute approximate surface area is 251 Å². The summed E-state index contributed by atoms with van der Waals surface area (Å²) in [6.45, 7) is 4.33. The first-order valence-corrected chi connectivity index (χ1v) is 17.2. The van der Waals surface area contributed by atoms with E-state index >= 15 is 0 Å². The molecule has 0 fully saturated rings. The van der Waals surface area contributed by atoms with Gasteiger partial charge in [-0.05, 0) is 37.1 Å². The molecule has 12 heteroatoms. The minimum Gasteiger partial charge on any atom is -0.744 e. The molecule has 0 unspecified atom stereocenters. The number of hydrogen-bond acceptors (Lipinski definition) is 8. The number of ether oxygens (including phenoxy) is 1. The molecule has 3 N–H and O–H groups in total. The van der Waals surface area contributed by atoms with Gasteiger partial charge in [-0.2, -0.15) is 8.42 Å². The standard InChI is InChI=1S/C15H22O5S.C9H18O2.C6H6O3S/c1-2-3-4-5-6-7-12-15(16)20-13-10-8-9-11-14(13)21(17,18)19;1-2-3-4-5-6-7-8-9(10)11;7-10(8,9)6-4-2-1-3-5-6/h8-11H,2-7,12H2,1H3,(H,17,18,19);2-8H2,1H3,(H,10,11);1-5H,(H,7,8,9). The van der Waals surface area contributed by atoms with Crippen LogP contribution in [-0.4, -0.2) is 43.0 Å². The van der Waals surface area contributed by atoms with Crippen molar-refractivity contribution in [3.05, 3.63) is 54.6 Å². The number of hydrogen-bond donors (Lipinski definition) is 1. The number of rotatable bonds is 17. The first-order chi connectivity index (χ1) is 19.8. The van der Waals surface area contributed by atoms with Gasteiger partial charge in [-0.3, -0.25) is 9.35 Å². The fraction of sp³-hybridized carbons (Fsp3) is 0.533. The molecule has 0 aliphatic carbocycles. The lowest BCUT2D eigenvalue weighted by Crippen LogP contribution is -2.11. The van der Waals surface area contributed by atoms with Crippen LogP contribution in [0.2, 0.25) is 0 Å². The van der Waals surface area contributed by atoms with E-state index < -0.39 is 37.1 Å². The summed E-state index contributed by atoms with van der Waals surface area (Å²) in [6.07, 6.45) is 14.0. The number of carbonyl (C=O) groups is 2. The predicted molar refractivity (Wildman–Crippen MR) is 161 cm³/mol. The molecule has 0 aliphatic rings. The molecule has 2 aromatic carbocycles. The average molecular weight is 631 g/mol. The Morgan fingerprint density at radius 3 is 1.62 bits per heavy atom. The quantitative estimate of drug-likeness (QED) is 0.0703. The Hall–Kier alpha value is -2.80. The predicted octanol–water partition coefficient (Wildman–Crippen LogP) is 6.17. The molecular weight excluding hydrogens is 584 g/mol. The lowest BCUT2D eigenvalue weighted by Gasteiger charge is -2.12. The monoisotopic (exact) mass is 630 g/mol. The molecule has 238 valence electrons. The van der Waals surface area contributed by atoms with Crippen LogP contribution in [0.25, 0.3) is 0 Å². The van der Waals surface area contributed by atoms with Crippen LogP contribution >= 0.6 is 0 Å². The summed E-state index contributed by atoms with van der Waals surface area (Å²) in [5, 5.41) is 6.66. The zero-order valence-corrected chi connectivity index (χ0v) is 26.3. The molecule has 0 aromatic heterocycles. The molecule has 42 heavy (non-hydrogen) atoms. The second-order valence-corrected chi connectivity index (χ2v) is 12.4. The summed E-state index contributed by atoms with van der Waals surface area (Å²) in [6, 6.07) is 12.8. The molecule has 0 aliphatic heterocycles. The fourth-order valence-corrected chi connectivity index (χ4v) is 4.73. The van der Waals surface area contributed by atoms with Crippen LogP contribution in [0.4, 0.5) is 0 Å². The first kappa shape index (κ1) is 39.2. The Bertz CT molecular complexity index is 1230. The zero-order valence-electron chi connectivity index (χ0n) is 24.6. The van der Waals surface area contributed by atoms with Crippen molar-refractivity contribution in [2.75, 3.05) is 0 Å². The van der Waals surface area contributed by atoms with Gasteiger partial charge in [-0.15, -0.1) is 0 Å². The Morgan fingerprint density at radius 2 is 1.17 bits per heavy atom. The molecule has 0 bridgehead atoms. The van der Waals surface area contributed by atoms with Gasteiger partial charge in [0.1, 0.15) is 22.3 Å². The van der Waals surface area contributed by atoms with Crippen LogP contribution in [0.5, 0.6) is 5.75 Å². The second kappa shape index (κ2) is 22.8. The fourth-order valence-electron chi connectivity index (χ4n) is 3.62. The van der Waals surface area contributed by atoms with Crippen molar-refractivity contribution in [2.45, 2.75) is 114 Å². The maximum atomic E-state index is 11.7. The molecule has 0 saturated carbocycles. The number of carbonyl (C=O) groups excluding carboxylic acids is 2. The molecule has 2 rings (SSSR count). The molecule has 0 spiro atoms. The van der Waals surface area contributed by atoms with Crippen molar-refractivity contribution in [3.8, 4) is 5.75 Å². The van der Waals surface area contributed by atoms with Crippen LogP contribution in [0, 0.1) is 0 Å². The Morgan fingerprint density at radius 1 is 0.714 bits per heavy atom. The average Bonchev–Trinajstić information content (AvgIpc) is 2.93. The van der Waals surface area contributed by atoms with Gasteiger partial charge in [0.2, 0.25) is 0 Å². The largest absolute Gasteiger partial charge is 0.744 e. The minimum atomic E-state index is -4.64. The summed E-state index contributed by atoms with van der Waals surface area (Å²) >= 11 is 0. The van der Waals surface area contributed by atoms with Crippen molar-refractivity contribution in [2.24, 2.45) is 0 Å². The molecular formula is C30H46O10S2. The molecule has 0 radical (unpaired) electrons. The van der Waals surface area contributed by atoms with E-state index in [1.807, 2.05) is 0 Å².